The topological polar surface area (TPSA) is 59.4 Å². The molecule has 4 nitrogen and oxygen atoms in total. The predicted molar refractivity (Wildman–Crippen MR) is 54.2 cm³/mol. The molecule has 1 aliphatic rings. The van der Waals surface area contributed by atoms with E-state index in [2.05, 4.69) is 4.98 Å². The van der Waals surface area contributed by atoms with Crippen molar-refractivity contribution in [1.82, 2.24) is 4.98 Å². The highest BCUT2D eigenvalue weighted by atomic mass is 16.5. The lowest BCUT2D eigenvalue weighted by molar-refractivity contribution is 0.0696. The van der Waals surface area contributed by atoms with Crippen molar-refractivity contribution < 1.29 is 14.6 Å². The first kappa shape index (κ1) is 9.96. The number of aryl methyl sites for hydroxylation is 1. The lowest BCUT2D eigenvalue weighted by atomic mass is 10.2. The second kappa shape index (κ2) is 3.88. The maximum atomic E-state index is 10.8. The van der Waals surface area contributed by atoms with Gasteiger partial charge in [-0.3, -0.25) is 0 Å². The van der Waals surface area contributed by atoms with Crippen LogP contribution in [0.2, 0.25) is 0 Å². The minimum Gasteiger partial charge on any atom is -0.478 e. The van der Waals surface area contributed by atoms with Gasteiger partial charge in [0.2, 0.25) is 5.88 Å². The maximum Gasteiger partial charge on any atom is 0.335 e. The average Bonchev–Trinajstić information content (AvgIpc) is 2.97. The Bertz CT molecular complexity index is 385. The molecule has 80 valence electrons. The van der Waals surface area contributed by atoms with Crippen LogP contribution in [0.5, 0.6) is 5.88 Å². The smallest absolute Gasteiger partial charge is 0.335 e. The van der Waals surface area contributed by atoms with Crippen LogP contribution in [0.25, 0.3) is 0 Å². The standard InChI is InChI=1S/C11H13NO3/c1-7-4-9(11(13)14)5-10(12-7)15-6-8-2-3-8/h4-5,8H,2-3,6H2,1H3,(H,13,14). The molecule has 0 spiro atoms. The molecule has 1 fully saturated rings. The highest BCUT2D eigenvalue weighted by Crippen LogP contribution is 2.29. The second-order valence-corrected chi connectivity index (χ2v) is 3.89. The summed E-state index contributed by atoms with van der Waals surface area (Å²) < 4.78 is 5.43. The number of ether oxygens (including phenoxy) is 1. The Kier molecular flexibility index (Phi) is 2.58. The Balaban J connectivity index is 2.10. The van der Waals surface area contributed by atoms with Gasteiger partial charge in [-0.2, -0.15) is 0 Å². The largest absolute Gasteiger partial charge is 0.478 e. The van der Waals surface area contributed by atoms with Crippen molar-refractivity contribution in [2.45, 2.75) is 19.8 Å². The van der Waals surface area contributed by atoms with Crippen molar-refractivity contribution in [2.24, 2.45) is 5.92 Å². The van der Waals surface area contributed by atoms with Crippen LogP contribution in [0.15, 0.2) is 12.1 Å². The molecule has 1 saturated carbocycles. The minimum absolute atomic E-state index is 0.230. The van der Waals surface area contributed by atoms with Gasteiger partial charge in [0.1, 0.15) is 0 Å². The maximum absolute atomic E-state index is 10.8. The molecule has 0 aromatic carbocycles. The van der Waals surface area contributed by atoms with E-state index in [1.54, 1.807) is 6.92 Å². The Morgan fingerprint density at radius 2 is 2.33 bits per heavy atom. The fourth-order valence-electron chi connectivity index (χ4n) is 1.32. The fourth-order valence-corrected chi connectivity index (χ4v) is 1.32. The Morgan fingerprint density at radius 1 is 1.60 bits per heavy atom. The summed E-state index contributed by atoms with van der Waals surface area (Å²) in [7, 11) is 0. The molecule has 4 heteroatoms. The average molecular weight is 207 g/mol. The van der Waals surface area contributed by atoms with Gasteiger partial charge >= 0.3 is 5.97 Å². The van der Waals surface area contributed by atoms with Gasteiger partial charge in [-0.15, -0.1) is 0 Å². The number of nitrogens with zero attached hydrogens (tertiary/aromatic N) is 1. The minimum atomic E-state index is -0.947. The van der Waals surface area contributed by atoms with E-state index in [1.807, 2.05) is 0 Å². The quantitative estimate of drug-likeness (QED) is 0.818. The summed E-state index contributed by atoms with van der Waals surface area (Å²) in [4.78, 5) is 14.9. The molecule has 0 amide bonds. The zero-order valence-electron chi connectivity index (χ0n) is 8.56. The third-order valence-corrected chi connectivity index (χ3v) is 2.34. The summed E-state index contributed by atoms with van der Waals surface area (Å²) in [6.07, 6.45) is 2.41. The monoisotopic (exact) mass is 207 g/mol. The Morgan fingerprint density at radius 3 is 2.93 bits per heavy atom. The third-order valence-electron chi connectivity index (χ3n) is 2.34. The molecule has 1 aromatic rings. The lowest BCUT2D eigenvalue weighted by Gasteiger charge is -2.05. The van der Waals surface area contributed by atoms with Crippen molar-refractivity contribution in [1.29, 1.82) is 0 Å². The van der Waals surface area contributed by atoms with E-state index < -0.39 is 5.97 Å². The molecule has 15 heavy (non-hydrogen) atoms. The number of carboxylic acids is 1. The second-order valence-electron chi connectivity index (χ2n) is 3.89. The van der Waals surface area contributed by atoms with E-state index in [0.717, 1.165) is 0 Å². The van der Waals surface area contributed by atoms with Gasteiger partial charge in [-0.1, -0.05) is 0 Å². The normalized spacial score (nSPS) is 15.0. The lowest BCUT2D eigenvalue weighted by Crippen LogP contribution is -2.04. The summed E-state index contributed by atoms with van der Waals surface area (Å²) >= 11 is 0. The van der Waals surface area contributed by atoms with Gasteiger partial charge in [0.15, 0.2) is 0 Å². The zero-order valence-corrected chi connectivity index (χ0v) is 8.56. The summed E-state index contributed by atoms with van der Waals surface area (Å²) in [6, 6.07) is 3.00. The molecule has 2 rings (SSSR count). The number of hydrogen-bond acceptors (Lipinski definition) is 3. The van der Waals surface area contributed by atoms with Crippen LogP contribution >= 0.6 is 0 Å². The summed E-state index contributed by atoms with van der Waals surface area (Å²) in [5.41, 5.74) is 0.897. The van der Waals surface area contributed by atoms with Crippen molar-refractivity contribution in [3.63, 3.8) is 0 Å². The molecule has 0 unspecified atom stereocenters. The predicted octanol–water partition coefficient (Wildman–Crippen LogP) is 1.88. The first-order valence-electron chi connectivity index (χ1n) is 5.00. The molecule has 0 bridgehead atoms. The van der Waals surface area contributed by atoms with E-state index in [1.165, 1.54) is 25.0 Å². The number of carbonyl (C=O) groups is 1. The van der Waals surface area contributed by atoms with Crippen molar-refractivity contribution >= 4 is 5.97 Å². The molecular formula is C11H13NO3. The first-order valence-corrected chi connectivity index (χ1v) is 5.00. The van der Waals surface area contributed by atoms with Crippen molar-refractivity contribution in [2.75, 3.05) is 6.61 Å². The molecule has 0 aliphatic heterocycles. The number of pyridine rings is 1. The highest BCUT2D eigenvalue weighted by molar-refractivity contribution is 5.87. The fraction of sp³-hybridized carbons (Fsp3) is 0.455. The SMILES string of the molecule is Cc1cc(C(=O)O)cc(OCC2CC2)n1. The van der Waals surface area contributed by atoms with Crippen LogP contribution in [-0.4, -0.2) is 22.7 Å². The van der Waals surface area contributed by atoms with Crippen LogP contribution in [0.1, 0.15) is 28.9 Å². The van der Waals surface area contributed by atoms with Gasteiger partial charge < -0.3 is 9.84 Å². The number of aromatic carboxylic acids is 1. The summed E-state index contributed by atoms with van der Waals surface area (Å²) in [5, 5.41) is 8.84. The van der Waals surface area contributed by atoms with Gasteiger partial charge in [0.05, 0.1) is 12.2 Å². The van der Waals surface area contributed by atoms with E-state index >= 15 is 0 Å². The molecule has 1 aliphatic carbocycles. The van der Waals surface area contributed by atoms with Gasteiger partial charge in [0.25, 0.3) is 0 Å². The van der Waals surface area contributed by atoms with Crippen molar-refractivity contribution in [3.05, 3.63) is 23.4 Å². The van der Waals surface area contributed by atoms with Gasteiger partial charge in [0, 0.05) is 11.8 Å². The Hall–Kier alpha value is -1.58. The van der Waals surface area contributed by atoms with Gasteiger partial charge in [-0.05, 0) is 31.7 Å². The zero-order chi connectivity index (χ0) is 10.8. The number of aromatic nitrogens is 1. The van der Waals surface area contributed by atoms with Gasteiger partial charge in [-0.25, -0.2) is 9.78 Å². The molecule has 0 saturated heterocycles. The number of hydrogen-bond donors (Lipinski definition) is 1. The first-order chi connectivity index (χ1) is 7.15. The molecule has 1 aromatic heterocycles. The van der Waals surface area contributed by atoms with Crippen LogP contribution in [0.4, 0.5) is 0 Å². The van der Waals surface area contributed by atoms with Crippen LogP contribution in [0, 0.1) is 12.8 Å². The van der Waals surface area contributed by atoms with E-state index in [9.17, 15) is 4.79 Å². The highest BCUT2D eigenvalue weighted by Gasteiger charge is 2.22. The molecule has 0 atom stereocenters. The van der Waals surface area contributed by atoms with Crippen LogP contribution in [0.3, 0.4) is 0 Å². The van der Waals surface area contributed by atoms with E-state index in [4.69, 9.17) is 9.84 Å². The summed E-state index contributed by atoms with van der Waals surface area (Å²) in [5.74, 6) is 0.108. The van der Waals surface area contributed by atoms with Crippen molar-refractivity contribution in [3.8, 4) is 5.88 Å². The van der Waals surface area contributed by atoms with E-state index in [0.29, 0.717) is 24.1 Å². The molecular weight excluding hydrogens is 194 g/mol. The third kappa shape index (κ3) is 2.68. The molecule has 0 radical (unpaired) electrons. The number of rotatable bonds is 4. The van der Waals surface area contributed by atoms with E-state index in [-0.39, 0.29) is 5.56 Å². The van der Waals surface area contributed by atoms with Crippen LogP contribution < -0.4 is 4.74 Å². The summed E-state index contributed by atoms with van der Waals surface area (Å²) in [6.45, 7) is 2.41. The number of carboxylic acid groups (broad SMARTS) is 1. The molecule has 1 N–H and O–H groups in total. The Labute approximate surface area is 87.9 Å². The van der Waals surface area contributed by atoms with Crippen LogP contribution in [-0.2, 0) is 0 Å². The molecule has 1 heterocycles.